The van der Waals surface area contributed by atoms with Crippen molar-refractivity contribution >= 4 is 17.3 Å². The van der Waals surface area contributed by atoms with E-state index in [4.69, 9.17) is 22.0 Å². The molecule has 0 amide bonds. The zero-order valence-electron chi connectivity index (χ0n) is 9.99. The van der Waals surface area contributed by atoms with Crippen molar-refractivity contribution in [1.82, 2.24) is 0 Å². The monoisotopic (exact) mass is 252 g/mol. The summed E-state index contributed by atoms with van der Waals surface area (Å²) in [5.41, 5.74) is 1.39. The molecule has 4 heteroatoms. The fourth-order valence-corrected chi connectivity index (χ4v) is 1.91. The molecule has 0 atom stereocenters. The Bertz CT molecular complexity index is 401. The predicted molar refractivity (Wildman–Crippen MR) is 70.4 cm³/mol. The molecule has 0 aromatic heterocycles. The van der Waals surface area contributed by atoms with E-state index in [-0.39, 0.29) is 6.61 Å². The van der Waals surface area contributed by atoms with Crippen molar-refractivity contribution < 1.29 is 5.11 Å². The van der Waals surface area contributed by atoms with Crippen molar-refractivity contribution in [3.05, 3.63) is 28.8 Å². The first-order chi connectivity index (χ1) is 8.20. The molecular formula is C13H17ClN2O. The first kappa shape index (κ1) is 13.8. The van der Waals surface area contributed by atoms with Crippen LogP contribution in [0.3, 0.4) is 0 Å². The van der Waals surface area contributed by atoms with Crippen molar-refractivity contribution in [3.8, 4) is 6.07 Å². The number of hydrogen-bond acceptors (Lipinski definition) is 3. The summed E-state index contributed by atoms with van der Waals surface area (Å²) in [5, 5.41) is 18.2. The van der Waals surface area contributed by atoms with E-state index in [1.807, 2.05) is 24.1 Å². The summed E-state index contributed by atoms with van der Waals surface area (Å²) in [6.45, 7) is 1.10. The maximum Gasteiger partial charge on any atom is 0.103 e. The van der Waals surface area contributed by atoms with Crippen LogP contribution < -0.4 is 4.90 Å². The molecule has 0 heterocycles. The molecule has 0 aliphatic carbocycles. The number of unbranched alkanes of at least 4 members (excludes halogenated alkanes) is 2. The largest absolute Gasteiger partial charge is 0.396 e. The predicted octanol–water partition coefficient (Wildman–Crippen LogP) is 2.81. The summed E-state index contributed by atoms with van der Waals surface area (Å²) in [4.78, 5) is 2.03. The van der Waals surface area contributed by atoms with Crippen LogP contribution in [0.5, 0.6) is 0 Å². The van der Waals surface area contributed by atoms with Gasteiger partial charge in [0.1, 0.15) is 6.07 Å². The minimum atomic E-state index is 0.240. The standard InChI is InChI=1S/C13H17ClN2O/c1-16(8-3-2-4-9-17)13-7-5-6-12(14)11(13)10-15/h5-7,17H,2-4,8-9H2,1H3. The molecular weight excluding hydrogens is 236 g/mol. The van der Waals surface area contributed by atoms with Gasteiger partial charge in [-0.05, 0) is 31.4 Å². The van der Waals surface area contributed by atoms with Gasteiger partial charge < -0.3 is 10.0 Å². The highest BCUT2D eigenvalue weighted by atomic mass is 35.5. The fourth-order valence-electron chi connectivity index (χ4n) is 1.70. The number of aliphatic hydroxyl groups is 1. The minimum Gasteiger partial charge on any atom is -0.396 e. The third kappa shape index (κ3) is 3.92. The molecule has 92 valence electrons. The summed E-state index contributed by atoms with van der Waals surface area (Å²) < 4.78 is 0. The number of anilines is 1. The molecule has 0 radical (unpaired) electrons. The van der Waals surface area contributed by atoms with Crippen LogP contribution in [0.2, 0.25) is 5.02 Å². The molecule has 0 spiro atoms. The molecule has 0 aliphatic rings. The van der Waals surface area contributed by atoms with Gasteiger partial charge >= 0.3 is 0 Å². The third-order valence-electron chi connectivity index (χ3n) is 2.67. The maximum absolute atomic E-state index is 9.06. The van der Waals surface area contributed by atoms with Crippen molar-refractivity contribution in [2.45, 2.75) is 19.3 Å². The van der Waals surface area contributed by atoms with Crippen LogP contribution in [0.4, 0.5) is 5.69 Å². The first-order valence-corrected chi connectivity index (χ1v) is 6.09. The molecule has 1 aromatic carbocycles. The molecule has 1 aromatic rings. The Labute approximate surface area is 107 Å². The zero-order chi connectivity index (χ0) is 12.7. The van der Waals surface area contributed by atoms with Gasteiger partial charge in [0.2, 0.25) is 0 Å². The lowest BCUT2D eigenvalue weighted by atomic mass is 10.1. The number of hydrogen-bond donors (Lipinski definition) is 1. The van der Waals surface area contributed by atoms with Gasteiger partial charge in [0.05, 0.1) is 16.3 Å². The molecule has 1 N–H and O–H groups in total. The SMILES string of the molecule is CN(CCCCCO)c1cccc(Cl)c1C#N. The summed E-state index contributed by atoms with van der Waals surface area (Å²) in [6.07, 6.45) is 2.81. The highest BCUT2D eigenvalue weighted by Gasteiger charge is 2.09. The van der Waals surface area contributed by atoms with Crippen molar-refractivity contribution in [1.29, 1.82) is 5.26 Å². The van der Waals surface area contributed by atoms with Gasteiger partial charge in [-0.3, -0.25) is 0 Å². The Balaban J connectivity index is 2.66. The van der Waals surface area contributed by atoms with E-state index in [9.17, 15) is 0 Å². The van der Waals surface area contributed by atoms with Crippen LogP contribution >= 0.6 is 11.6 Å². The van der Waals surface area contributed by atoms with Crippen LogP contribution in [0, 0.1) is 11.3 Å². The van der Waals surface area contributed by atoms with Gasteiger partial charge in [0.25, 0.3) is 0 Å². The van der Waals surface area contributed by atoms with Crippen LogP contribution in [-0.4, -0.2) is 25.3 Å². The number of rotatable bonds is 6. The number of nitrogens with zero attached hydrogens (tertiary/aromatic N) is 2. The maximum atomic E-state index is 9.06. The molecule has 17 heavy (non-hydrogen) atoms. The summed E-state index contributed by atoms with van der Waals surface area (Å²) in [5.74, 6) is 0. The second-order valence-electron chi connectivity index (χ2n) is 3.95. The first-order valence-electron chi connectivity index (χ1n) is 5.71. The van der Waals surface area contributed by atoms with Crippen molar-refractivity contribution in [2.24, 2.45) is 0 Å². The number of nitriles is 1. The molecule has 0 saturated heterocycles. The Morgan fingerprint density at radius 2 is 2.12 bits per heavy atom. The van der Waals surface area contributed by atoms with Crippen molar-refractivity contribution in [2.75, 3.05) is 25.1 Å². The number of benzene rings is 1. The van der Waals surface area contributed by atoms with Gasteiger partial charge in [-0.25, -0.2) is 0 Å². The lowest BCUT2D eigenvalue weighted by Gasteiger charge is -2.20. The molecule has 0 fully saturated rings. The Morgan fingerprint density at radius 1 is 1.35 bits per heavy atom. The summed E-state index contributed by atoms with van der Waals surface area (Å²) >= 11 is 5.98. The van der Waals surface area contributed by atoms with Gasteiger partial charge in [-0.15, -0.1) is 0 Å². The number of aliphatic hydroxyl groups excluding tert-OH is 1. The molecule has 0 unspecified atom stereocenters. The average Bonchev–Trinajstić information content (AvgIpc) is 2.34. The second kappa shape index (κ2) is 7.16. The quantitative estimate of drug-likeness (QED) is 0.792. The highest BCUT2D eigenvalue weighted by molar-refractivity contribution is 6.32. The third-order valence-corrected chi connectivity index (χ3v) is 2.98. The van der Waals surface area contributed by atoms with Crippen LogP contribution in [0.15, 0.2) is 18.2 Å². The van der Waals surface area contributed by atoms with E-state index in [0.29, 0.717) is 10.6 Å². The smallest absolute Gasteiger partial charge is 0.103 e. The topological polar surface area (TPSA) is 47.3 Å². The van der Waals surface area contributed by atoms with Gasteiger partial charge in [-0.1, -0.05) is 17.7 Å². The summed E-state index contributed by atoms with van der Waals surface area (Å²) in [7, 11) is 1.95. The average molecular weight is 253 g/mol. The molecule has 0 aliphatic heterocycles. The molecule has 3 nitrogen and oxygen atoms in total. The normalized spacial score (nSPS) is 10.0. The second-order valence-corrected chi connectivity index (χ2v) is 4.36. The van der Waals surface area contributed by atoms with E-state index >= 15 is 0 Å². The number of halogens is 1. The van der Waals surface area contributed by atoms with E-state index in [1.165, 1.54) is 0 Å². The molecule has 0 bridgehead atoms. The van der Waals surface area contributed by atoms with Gasteiger partial charge in [-0.2, -0.15) is 5.26 Å². The highest BCUT2D eigenvalue weighted by Crippen LogP contribution is 2.26. The van der Waals surface area contributed by atoms with Gasteiger partial charge in [0.15, 0.2) is 0 Å². The molecule has 0 saturated carbocycles. The Hall–Kier alpha value is -1.24. The van der Waals surface area contributed by atoms with Crippen LogP contribution in [0.25, 0.3) is 0 Å². The van der Waals surface area contributed by atoms with Crippen LogP contribution in [-0.2, 0) is 0 Å². The molecule has 1 rings (SSSR count). The van der Waals surface area contributed by atoms with E-state index in [0.717, 1.165) is 31.5 Å². The van der Waals surface area contributed by atoms with E-state index in [1.54, 1.807) is 6.07 Å². The lowest BCUT2D eigenvalue weighted by molar-refractivity contribution is 0.283. The Morgan fingerprint density at radius 3 is 2.76 bits per heavy atom. The van der Waals surface area contributed by atoms with Crippen LogP contribution in [0.1, 0.15) is 24.8 Å². The minimum absolute atomic E-state index is 0.240. The fraction of sp³-hybridized carbons (Fsp3) is 0.462. The van der Waals surface area contributed by atoms with E-state index in [2.05, 4.69) is 6.07 Å². The zero-order valence-corrected chi connectivity index (χ0v) is 10.7. The van der Waals surface area contributed by atoms with Crippen molar-refractivity contribution in [3.63, 3.8) is 0 Å². The lowest BCUT2D eigenvalue weighted by Crippen LogP contribution is -2.19. The summed E-state index contributed by atoms with van der Waals surface area (Å²) in [6, 6.07) is 7.61. The Kier molecular flexibility index (Phi) is 5.82. The van der Waals surface area contributed by atoms with E-state index < -0.39 is 0 Å². The van der Waals surface area contributed by atoms with Gasteiger partial charge in [0, 0.05) is 20.2 Å².